The average molecular weight is 367 g/mol. The van der Waals surface area contributed by atoms with E-state index in [1.54, 1.807) is 42.3 Å². The van der Waals surface area contributed by atoms with Crippen LogP contribution in [0.25, 0.3) is 0 Å². The molecular formula is C18H21N7O2. The van der Waals surface area contributed by atoms with Crippen molar-refractivity contribution in [2.45, 2.75) is 25.8 Å². The summed E-state index contributed by atoms with van der Waals surface area (Å²) in [5.41, 5.74) is 1.36. The normalized spacial score (nSPS) is 14.3. The van der Waals surface area contributed by atoms with Crippen molar-refractivity contribution in [1.82, 2.24) is 20.1 Å². The summed E-state index contributed by atoms with van der Waals surface area (Å²) in [6, 6.07) is 9.28. The van der Waals surface area contributed by atoms with E-state index in [-0.39, 0.29) is 12.1 Å². The fraction of sp³-hybridized carbons (Fsp3) is 0.389. The molecule has 0 spiro atoms. The second kappa shape index (κ2) is 8.80. The first kappa shape index (κ1) is 18.4. The highest BCUT2D eigenvalue weighted by Gasteiger charge is 2.23. The smallest absolute Gasteiger partial charge is 0.409 e. The molecule has 2 heterocycles. The Kier molecular flexibility index (Phi) is 5.99. The van der Waals surface area contributed by atoms with E-state index in [9.17, 15) is 4.79 Å². The number of hydrogen-bond donors (Lipinski definition) is 2. The van der Waals surface area contributed by atoms with Gasteiger partial charge in [-0.05, 0) is 44.0 Å². The Labute approximate surface area is 157 Å². The van der Waals surface area contributed by atoms with Crippen LogP contribution in [0.4, 0.5) is 22.2 Å². The van der Waals surface area contributed by atoms with Crippen LogP contribution in [-0.4, -0.2) is 51.9 Å². The number of amides is 1. The lowest BCUT2D eigenvalue weighted by atomic mass is 10.1. The van der Waals surface area contributed by atoms with Crippen molar-refractivity contribution in [2.24, 2.45) is 0 Å². The second-order valence-corrected chi connectivity index (χ2v) is 6.08. The lowest BCUT2D eigenvalue weighted by Gasteiger charge is -2.31. The molecule has 1 aliphatic rings. The minimum atomic E-state index is -0.256. The van der Waals surface area contributed by atoms with Gasteiger partial charge in [-0.15, -0.1) is 5.10 Å². The third kappa shape index (κ3) is 5.04. The average Bonchev–Trinajstić information content (AvgIpc) is 2.70. The Morgan fingerprint density at radius 2 is 2.07 bits per heavy atom. The number of rotatable bonds is 5. The van der Waals surface area contributed by atoms with Gasteiger partial charge in [0.1, 0.15) is 0 Å². The maximum atomic E-state index is 11.7. The van der Waals surface area contributed by atoms with E-state index in [0.717, 1.165) is 18.5 Å². The van der Waals surface area contributed by atoms with Gasteiger partial charge >= 0.3 is 6.09 Å². The van der Waals surface area contributed by atoms with Gasteiger partial charge in [-0.2, -0.15) is 15.3 Å². The third-order valence-electron chi connectivity index (χ3n) is 4.20. The zero-order valence-electron chi connectivity index (χ0n) is 15.1. The first-order chi connectivity index (χ1) is 13.2. The molecule has 140 valence electrons. The van der Waals surface area contributed by atoms with Crippen LogP contribution < -0.4 is 10.6 Å². The number of aromatic nitrogens is 3. The number of benzene rings is 1. The Balaban J connectivity index is 1.55. The molecule has 1 aromatic heterocycles. The Bertz CT molecular complexity index is 811. The molecule has 3 rings (SSSR count). The van der Waals surface area contributed by atoms with Crippen molar-refractivity contribution in [1.29, 1.82) is 5.26 Å². The van der Waals surface area contributed by atoms with Gasteiger partial charge < -0.3 is 20.3 Å². The summed E-state index contributed by atoms with van der Waals surface area (Å²) in [5.74, 6) is 0.990. The molecule has 2 N–H and O–H groups in total. The van der Waals surface area contributed by atoms with Gasteiger partial charge in [0.05, 0.1) is 24.4 Å². The summed E-state index contributed by atoms with van der Waals surface area (Å²) in [6.45, 7) is 3.48. The fourth-order valence-corrected chi connectivity index (χ4v) is 2.81. The summed E-state index contributed by atoms with van der Waals surface area (Å²) in [7, 11) is 0. The van der Waals surface area contributed by atoms with Crippen LogP contribution in [0, 0.1) is 11.3 Å². The van der Waals surface area contributed by atoms with Gasteiger partial charge in [0.15, 0.2) is 5.82 Å². The topological polar surface area (TPSA) is 116 Å². The Hall–Kier alpha value is -3.41. The van der Waals surface area contributed by atoms with Crippen molar-refractivity contribution in [3.8, 4) is 6.07 Å². The summed E-state index contributed by atoms with van der Waals surface area (Å²) in [5, 5.41) is 23.2. The SMILES string of the molecule is CCOC(=O)N1CCC(Nc2cnnc(Nc3ccc(C#N)cc3)n2)CC1. The van der Waals surface area contributed by atoms with Crippen molar-refractivity contribution in [3.05, 3.63) is 36.0 Å². The molecule has 2 aromatic rings. The standard InChI is InChI=1S/C18H21N7O2/c1-2-27-18(26)25-9-7-15(8-10-25)21-16-12-20-24-17(23-16)22-14-5-3-13(11-19)4-6-14/h3-6,12,15H,2,7-10H2,1H3,(H2,21,22,23,24). The molecule has 0 unspecified atom stereocenters. The van der Waals surface area contributed by atoms with Crippen molar-refractivity contribution < 1.29 is 9.53 Å². The van der Waals surface area contributed by atoms with Crippen LogP contribution in [0.3, 0.4) is 0 Å². The Morgan fingerprint density at radius 3 is 2.74 bits per heavy atom. The zero-order valence-corrected chi connectivity index (χ0v) is 15.1. The van der Waals surface area contributed by atoms with Gasteiger partial charge in [-0.25, -0.2) is 4.79 Å². The van der Waals surface area contributed by atoms with Crippen LogP contribution in [0.1, 0.15) is 25.3 Å². The number of nitriles is 1. The number of hydrogen-bond acceptors (Lipinski definition) is 8. The maximum Gasteiger partial charge on any atom is 0.409 e. The van der Waals surface area contributed by atoms with E-state index in [1.807, 2.05) is 0 Å². The number of piperidine rings is 1. The first-order valence-electron chi connectivity index (χ1n) is 8.83. The molecule has 0 aliphatic carbocycles. The quantitative estimate of drug-likeness (QED) is 0.828. The summed E-state index contributed by atoms with van der Waals surface area (Å²) in [4.78, 5) is 17.9. The number of carbonyl (C=O) groups excluding carboxylic acids is 1. The summed E-state index contributed by atoms with van der Waals surface area (Å²) in [6.07, 6.45) is 2.93. The van der Waals surface area contributed by atoms with Gasteiger partial charge in [0, 0.05) is 24.8 Å². The molecule has 1 amide bonds. The largest absolute Gasteiger partial charge is 0.450 e. The number of ether oxygens (including phenoxy) is 1. The molecule has 0 bridgehead atoms. The molecule has 27 heavy (non-hydrogen) atoms. The van der Waals surface area contributed by atoms with Gasteiger partial charge in [-0.3, -0.25) is 0 Å². The molecule has 9 nitrogen and oxygen atoms in total. The lowest BCUT2D eigenvalue weighted by Crippen LogP contribution is -2.42. The maximum absolute atomic E-state index is 11.7. The predicted molar refractivity (Wildman–Crippen MR) is 99.5 cm³/mol. The van der Waals surface area contributed by atoms with E-state index in [4.69, 9.17) is 10.00 Å². The molecule has 0 radical (unpaired) electrons. The van der Waals surface area contributed by atoms with E-state index < -0.39 is 0 Å². The highest BCUT2D eigenvalue weighted by atomic mass is 16.6. The molecule has 1 aromatic carbocycles. The minimum Gasteiger partial charge on any atom is -0.450 e. The molecular weight excluding hydrogens is 346 g/mol. The number of carbonyl (C=O) groups is 1. The van der Waals surface area contributed by atoms with Crippen LogP contribution in [0.15, 0.2) is 30.5 Å². The van der Waals surface area contributed by atoms with E-state index in [2.05, 4.69) is 31.9 Å². The minimum absolute atomic E-state index is 0.204. The molecule has 1 fully saturated rings. The molecule has 1 saturated heterocycles. The second-order valence-electron chi connectivity index (χ2n) is 6.08. The zero-order chi connectivity index (χ0) is 19.1. The lowest BCUT2D eigenvalue weighted by molar-refractivity contribution is 0.0983. The van der Waals surface area contributed by atoms with Gasteiger partial charge in [-0.1, -0.05) is 0 Å². The summed E-state index contributed by atoms with van der Waals surface area (Å²) >= 11 is 0. The van der Waals surface area contributed by atoms with Crippen LogP contribution >= 0.6 is 0 Å². The molecule has 0 saturated carbocycles. The fourth-order valence-electron chi connectivity index (χ4n) is 2.81. The third-order valence-corrected chi connectivity index (χ3v) is 4.20. The summed E-state index contributed by atoms with van der Waals surface area (Å²) < 4.78 is 5.03. The molecule has 0 atom stereocenters. The highest BCUT2D eigenvalue weighted by molar-refractivity contribution is 5.67. The molecule has 9 heteroatoms. The van der Waals surface area contributed by atoms with Gasteiger partial charge in [0.2, 0.25) is 5.95 Å². The van der Waals surface area contributed by atoms with Crippen LogP contribution in [0.5, 0.6) is 0 Å². The predicted octanol–water partition coefficient (Wildman–Crippen LogP) is 2.52. The highest BCUT2D eigenvalue weighted by Crippen LogP contribution is 2.18. The van der Waals surface area contributed by atoms with Crippen LogP contribution in [-0.2, 0) is 4.74 Å². The number of nitrogens with one attached hydrogen (secondary N) is 2. The van der Waals surface area contributed by atoms with Crippen LogP contribution in [0.2, 0.25) is 0 Å². The first-order valence-corrected chi connectivity index (χ1v) is 8.83. The number of nitrogens with zero attached hydrogens (tertiary/aromatic N) is 5. The number of anilines is 3. The van der Waals surface area contributed by atoms with Crippen molar-refractivity contribution >= 4 is 23.5 Å². The van der Waals surface area contributed by atoms with Crippen molar-refractivity contribution in [2.75, 3.05) is 30.3 Å². The van der Waals surface area contributed by atoms with Crippen molar-refractivity contribution in [3.63, 3.8) is 0 Å². The van der Waals surface area contributed by atoms with E-state index in [0.29, 0.717) is 37.0 Å². The Morgan fingerprint density at radius 1 is 1.33 bits per heavy atom. The van der Waals surface area contributed by atoms with E-state index >= 15 is 0 Å². The monoisotopic (exact) mass is 367 g/mol. The van der Waals surface area contributed by atoms with E-state index in [1.165, 1.54) is 0 Å². The molecule has 1 aliphatic heterocycles. The van der Waals surface area contributed by atoms with Gasteiger partial charge in [0.25, 0.3) is 0 Å². The number of likely N-dealkylation sites (tertiary alicyclic amines) is 1.